The van der Waals surface area contributed by atoms with E-state index in [4.69, 9.17) is 0 Å². The number of hydrogen-bond acceptors (Lipinski definition) is 2. The predicted octanol–water partition coefficient (Wildman–Crippen LogP) is 4.22. The van der Waals surface area contributed by atoms with Crippen LogP contribution in [0.1, 0.15) is 6.92 Å². The fourth-order valence-electron chi connectivity index (χ4n) is 0.990. The van der Waals surface area contributed by atoms with E-state index in [1.54, 1.807) is 0 Å². The minimum atomic E-state index is 0. The summed E-state index contributed by atoms with van der Waals surface area (Å²) in [5, 5.41) is 0.486. The maximum absolute atomic E-state index is 4.29. The van der Waals surface area contributed by atoms with Crippen molar-refractivity contribution < 1.29 is 17.1 Å². The van der Waals surface area contributed by atoms with Gasteiger partial charge in [0.15, 0.2) is 0 Å². The zero-order valence-corrected chi connectivity index (χ0v) is 12.0. The van der Waals surface area contributed by atoms with Crippen LogP contribution < -0.4 is 0 Å². The van der Waals surface area contributed by atoms with Crippen LogP contribution in [0.15, 0.2) is 59.5 Å². The topological polar surface area (TPSA) is 0 Å². The van der Waals surface area contributed by atoms with Gasteiger partial charge in [0.25, 0.3) is 0 Å². The van der Waals surface area contributed by atoms with Crippen LogP contribution in [-0.2, 0) is 17.1 Å². The number of thioether (sulfide) groups is 1. The molecule has 88 valence electrons. The van der Waals surface area contributed by atoms with Crippen molar-refractivity contribution in [2.24, 2.45) is 0 Å². The average Bonchev–Trinajstić information content (AvgIpc) is 2.91. The Morgan fingerprint density at radius 2 is 1.75 bits per heavy atom. The number of hydrogen-bond donors (Lipinski definition) is 1. The van der Waals surface area contributed by atoms with Crippen LogP contribution in [0.25, 0.3) is 0 Å². The Morgan fingerprint density at radius 3 is 2.12 bits per heavy atom. The van der Waals surface area contributed by atoms with Crippen LogP contribution in [0, 0.1) is 0 Å². The third-order valence-corrected chi connectivity index (χ3v) is 3.38. The van der Waals surface area contributed by atoms with Gasteiger partial charge in [0.05, 0.1) is 0 Å². The molecule has 2 aromatic rings. The smallest absolute Gasteiger partial charge is 0.214 e. The molecule has 0 aliphatic carbocycles. The van der Waals surface area contributed by atoms with Crippen LogP contribution >= 0.6 is 24.4 Å². The Hall–Kier alpha value is -0.0805. The van der Waals surface area contributed by atoms with Gasteiger partial charge in [-0.25, -0.2) is 24.3 Å². The first kappa shape index (κ1) is 15.9. The van der Waals surface area contributed by atoms with Crippen LogP contribution in [0.3, 0.4) is 0 Å². The normalized spacial score (nSPS) is 10.9. The fraction of sp³-hybridized carbons (Fsp3) is 0.231. The number of rotatable bonds is 3. The molecule has 3 heteroatoms. The standard InChI is InChI=1S/C8H11S2.C5H5.Fe/c1-7(9)6-10-8-4-2-3-5-8;1-2-4-5-3-1;/h2-5,7,9H,6H2,1H3;1-5H;/q2*-1;+2. The molecule has 0 nitrogen and oxygen atoms in total. The van der Waals surface area contributed by atoms with Crippen molar-refractivity contribution >= 4 is 24.4 Å². The molecule has 2 aromatic carbocycles. The third kappa shape index (κ3) is 8.12. The van der Waals surface area contributed by atoms with Crippen LogP contribution in [0.4, 0.5) is 0 Å². The van der Waals surface area contributed by atoms with E-state index in [0.29, 0.717) is 5.25 Å². The van der Waals surface area contributed by atoms with Gasteiger partial charge in [0.1, 0.15) is 0 Å². The second-order valence-electron chi connectivity index (χ2n) is 3.24. The Labute approximate surface area is 118 Å². The van der Waals surface area contributed by atoms with E-state index in [1.807, 2.05) is 42.1 Å². The van der Waals surface area contributed by atoms with Gasteiger partial charge in [-0.3, -0.25) is 0 Å². The van der Waals surface area contributed by atoms with E-state index < -0.39 is 0 Å². The summed E-state index contributed by atoms with van der Waals surface area (Å²) in [4.78, 5) is 1.35. The summed E-state index contributed by atoms with van der Waals surface area (Å²) in [7, 11) is 0. The molecule has 16 heavy (non-hydrogen) atoms. The minimum absolute atomic E-state index is 0. The molecular formula is C13H16FeS2. The zero-order chi connectivity index (χ0) is 10.9. The maximum atomic E-state index is 4.29. The first-order valence-corrected chi connectivity index (χ1v) is 6.48. The Balaban J connectivity index is 0.000000318. The van der Waals surface area contributed by atoms with Gasteiger partial charge in [0, 0.05) is 5.25 Å². The summed E-state index contributed by atoms with van der Waals surface area (Å²) in [6, 6.07) is 18.4. The van der Waals surface area contributed by atoms with Crippen LogP contribution in [0.2, 0.25) is 0 Å². The van der Waals surface area contributed by atoms with Crippen molar-refractivity contribution in [1.29, 1.82) is 0 Å². The zero-order valence-electron chi connectivity index (χ0n) is 9.19. The first-order chi connectivity index (χ1) is 7.29. The van der Waals surface area contributed by atoms with E-state index in [9.17, 15) is 0 Å². The van der Waals surface area contributed by atoms with E-state index in [-0.39, 0.29) is 17.1 Å². The summed E-state index contributed by atoms with van der Waals surface area (Å²) in [5.41, 5.74) is 0. The third-order valence-electron chi connectivity index (χ3n) is 1.68. The van der Waals surface area contributed by atoms with Crippen molar-refractivity contribution in [1.82, 2.24) is 0 Å². The molecule has 0 heterocycles. The second-order valence-corrected chi connectivity index (χ2v) is 5.22. The first-order valence-electron chi connectivity index (χ1n) is 4.98. The molecule has 1 unspecified atom stereocenters. The molecule has 0 aromatic heterocycles. The van der Waals surface area contributed by atoms with E-state index in [2.05, 4.69) is 43.8 Å². The monoisotopic (exact) mass is 292 g/mol. The molecule has 0 radical (unpaired) electrons. The van der Waals surface area contributed by atoms with Crippen molar-refractivity contribution in [2.75, 3.05) is 5.75 Å². The van der Waals surface area contributed by atoms with Gasteiger partial charge in [0.2, 0.25) is 0 Å². The Kier molecular flexibility index (Phi) is 10.0. The summed E-state index contributed by atoms with van der Waals surface area (Å²) in [6.07, 6.45) is 0. The second kappa shape index (κ2) is 10.1. The van der Waals surface area contributed by atoms with Crippen LogP contribution in [-0.4, -0.2) is 11.0 Å². The summed E-state index contributed by atoms with van der Waals surface area (Å²) < 4.78 is 0. The van der Waals surface area contributed by atoms with Gasteiger partial charge >= 0.3 is 17.1 Å². The van der Waals surface area contributed by atoms with Gasteiger partial charge in [-0.15, -0.1) is 4.90 Å². The van der Waals surface area contributed by atoms with E-state index >= 15 is 0 Å². The van der Waals surface area contributed by atoms with Gasteiger partial charge in [-0.2, -0.15) is 54.7 Å². The predicted molar refractivity (Wildman–Crippen MR) is 73.2 cm³/mol. The average molecular weight is 292 g/mol. The molecule has 0 aliphatic rings. The molecule has 0 aliphatic heterocycles. The van der Waals surface area contributed by atoms with E-state index in [1.165, 1.54) is 4.90 Å². The summed E-state index contributed by atoms with van der Waals surface area (Å²) in [5.74, 6) is 1.09. The largest absolute Gasteiger partial charge is 2.00 e. The van der Waals surface area contributed by atoms with E-state index in [0.717, 1.165) is 5.75 Å². The maximum Gasteiger partial charge on any atom is 2.00 e. The molecule has 2 rings (SSSR count). The van der Waals surface area contributed by atoms with Crippen molar-refractivity contribution in [3.63, 3.8) is 0 Å². The molecule has 0 fully saturated rings. The quantitative estimate of drug-likeness (QED) is 0.382. The van der Waals surface area contributed by atoms with Crippen molar-refractivity contribution in [2.45, 2.75) is 17.1 Å². The Bertz CT molecular complexity index is 294. The van der Waals surface area contributed by atoms with Crippen molar-refractivity contribution in [3.8, 4) is 0 Å². The minimum Gasteiger partial charge on any atom is -0.214 e. The molecule has 0 spiro atoms. The fourth-order valence-corrected chi connectivity index (χ4v) is 2.00. The molecule has 0 amide bonds. The SMILES string of the molecule is CC(S)CS[c-]1cccc1.[Fe+2].c1cc[cH-]c1. The van der Waals surface area contributed by atoms with Crippen molar-refractivity contribution in [3.05, 3.63) is 54.6 Å². The van der Waals surface area contributed by atoms with Gasteiger partial charge in [-0.05, 0) is 5.75 Å². The summed E-state index contributed by atoms with van der Waals surface area (Å²) >= 11 is 6.15. The Morgan fingerprint density at radius 1 is 1.19 bits per heavy atom. The van der Waals surface area contributed by atoms with Crippen LogP contribution in [0.5, 0.6) is 0 Å². The van der Waals surface area contributed by atoms with Gasteiger partial charge in [-0.1, -0.05) is 6.92 Å². The molecule has 0 saturated heterocycles. The molecule has 0 N–H and O–H groups in total. The molecule has 1 atom stereocenters. The molecular weight excluding hydrogens is 276 g/mol. The summed E-state index contributed by atoms with van der Waals surface area (Å²) in [6.45, 7) is 2.11. The number of thiol groups is 1. The molecule has 0 bridgehead atoms. The molecule has 0 saturated carbocycles. The van der Waals surface area contributed by atoms with Gasteiger partial charge < -0.3 is 0 Å².